The van der Waals surface area contributed by atoms with Crippen LogP contribution in [-0.2, 0) is 11.3 Å². The Kier molecular flexibility index (Phi) is 6.68. The summed E-state index contributed by atoms with van der Waals surface area (Å²) < 4.78 is 21.8. The van der Waals surface area contributed by atoms with E-state index in [1.165, 1.54) is 0 Å². The van der Waals surface area contributed by atoms with Crippen LogP contribution in [0.15, 0.2) is 52.9 Å². The molecule has 0 aliphatic carbocycles. The molecule has 0 radical (unpaired) electrons. The number of ether oxygens (including phenoxy) is 3. The molecule has 3 aromatic rings. The standard InChI is InChI=1S/C23H23NO5/c1-4-27-23(25)22-16(2)29-21(24-22)13-11-17-10-12-19(26-3)20(14-17)28-15-18-8-6-5-7-9-18/h5-14H,4,15H2,1-3H3/b13-11+. The fourth-order valence-electron chi connectivity index (χ4n) is 2.69. The molecule has 29 heavy (non-hydrogen) atoms. The van der Waals surface area contributed by atoms with Crippen molar-refractivity contribution in [3.8, 4) is 11.5 Å². The first-order valence-corrected chi connectivity index (χ1v) is 9.28. The molecule has 0 saturated heterocycles. The third-order valence-electron chi connectivity index (χ3n) is 4.13. The summed E-state index contributed by atoms with van der Waals surface area (Å²) in [5.74, 6) is 1.54. The normalized spacial score (nSPS) is 10.9. The number of oxazole rings is 1. The highest BCUT2D eigenvalue weighted by Gasteiger charge is 2.17. The number of carbonyl (C=O) groups is 1. The van der Waals surface area contributed by atoms with Crippen LogP contribution in [0.2, 0.25) is 0 Å². The maximum absolute atomic E-state index is 11.9. The molecule has 1 heterocycles. The highest BCUT2D eigenvalue weighted by Crippen LogP contribution is 2.29. The summed E-state index contributed by atoms with van der Waals surface area (Å²) in [7, 11) is 1.60. The summed E-state index contributed by atoms with van der Waals surface area (Å²) in [4.78, 5) is 16.0. The highest BCUT2D eigenvalue weighted by molar-refractivity contribution is 5.88. The molecule has 0 saturated carbocycles. The zero-order valence-electron chi connectivity index (χ0n) is 16.7. The average Bonchev–Trinajstić information content (AvgIpc) is 3.12. The van der Waals surface area contributed by atoms with Gasteiger partial charge in [-0.25, -0.2) is 9.78 Å². The minimum atomic E-state index is -0.491. The van der Waals surface area contributed by atoms with Gasteiger partial charge in [0.05, 0.1) is 13.7 Å². The Morgan fingerprint density at radius 2 is 1.90 bits per heavy atom. The monoisotopic (exact) mass is 393 g/mol. The number of nitrogens with zero attached hydrogens (tertiary/aromatic N) is 1. The van der Waals surface area contributed by atoms with Gasteiger partial charge < -0.3 is 18.6 Å². The van der Waals surface area contributed by atoms with Crippen LogP contribution in [0.4, 0.5) is 0 Å². The van der Waals surface area contributed by atoms with Crippen LogP contribution >= 0.6 is 0 Å². The van der Waals surface area contributed by atoms with Crippen molar-refractivity contribution in [2.75, 3.05) is 13.7 Å². The van der Waals surface area contributed by atoms with Crippen molar-refractivity contribution in [2.24, 2.45) is 0 Å². The number of aromatic nitrogens is 1. The van der Waals surface area contributed by atoms with Gasteiger partial charge >= 0.3 is 5.97 Å². The quantitative estimate of drug-likeness (QED) is 0.506. The number of hydrogen-bond acceptors (Lipinski definition) is 6. The third kappa shape index (κ3) is 5.25. The predicted octanol–water partition coefficient (Wildman–Crippen LogP) is 4.92. The molecule has 0 spiro atoms. The Balaban J connectivity index is 1.75. The Labute approximate surface area is 169 Å². The van der Waals surface area contributed by atoms with Gasteiger partial charge in [0.15, 0.2) is 17.2 Å². The lowest BCUT2D eigenvalue weighted by molar-refractivity contribution is 0.0518. The van der Waals surface area contributed by atoms with E-state index in [0.717, 1.165) is 11.1 Å². The number of hydrogen-bond donors (Lipinski definition) is 0. The van der Waals surface area contributed by atoms with Crippen LogP contribution in [0, 0.1) is 6.92 Å². The Hall–Kier alpha value is -3.54. The number of rotatable bonds is 8. The maximum atomic E-state index is 11.9. The van der Waals surface area contributed by atoms with E-state index < -0.39 is 5.97 Å². The molecule has 2 aromatic carbocycles. The fourth-order valence-corrected chi connectivity index (χ4v) is 2.69. The van der Waals surface area contributed by atoms with Gasteiger partial charge in [0.2, 0.25) is 5.89 Å². The van der Waals surface area contributed by atoms with Gasteiger partial charge in [0.1, 0.15) is 12.4 Å². The summed E-state index contributed by atoms with van der Waals surface area (Å²) in [5, 5.41) is 0. The smallest absolute Gasteiger partial charge is 0.360 e. The summed E-state index contributed by atoms with van der Waals surface area (Å²) in [6, 6.07) is 15.5. The first-order chi connectivity index (χ1) is 14.1. The van der Waals surface area contributed by atoms with Crippen molar-refractivity contribution >= 4 is 18.1 Å². The molecule has 0 aliphatic rings. The predicted molar refractivity (Wildman–Crippen MR) is 110 cm³/mol. The number of carbonyl (C=O) groups excluding carboxylic acids is 1. The van der Waals surface area contributed by atoms with Gasteiger partial charge in [-0.05, 0) is 43.2 Å². The van der Waals surface area contributed by atoms with E-state index in [9.17, 15) is 4.79 Å². The topological polar surface area (TPSA) is 70.8 Å². The lowest BCUT2D eigenvalue weighted by atomic mass is 10.2. The second-order valence-corrected chi connectivity index (χ2v) is 6.20. The van der Waals surface area contributed by atoms with Gasteiger partial charge in [0.25, 0.3) is 0 Å². The van der Waals surface area contributed by atoms with Crippen LogP contribution in [0.25, 0.3) is 12.2 Å². The molecule has 0 unspecified atom stereocenters. The lowest BCUT2D eigenvalue weighted by Crippen LogP contribution is -2.06. The Morgan fingerprint density at radius 1 is 1.10 bits per heavy atom. The van der Waals surface area contributed by atoms with E-state index in [1.807, 2.05) is 54.6 Å². The highest BCUT2D eigenvalue weighted by atomic mass is 16.5. The zero-order valence-corrected chi connectivity index (χ0v) is 16.7. The first kappa shape index (κ1) is 20.2. The van der Waals surface area contributed by atoms with Crippen LogP contribution in [0.5, 0.6) is 11.5 Å². The molecule has 6 heteroatoms. The summed E-state index contributed by atoms with van der Waals surface area (Å²) in [6.45, 7) is 4.15. The molecule has 0 atom stereocenters. The van der Waals surface area contributed by atoms with E-state index >= 15 is 0 Å². The molecule has 0 bridgehead atoms. The summed E-state index contributed by atoms with van der Waals surface area (Å²) >= 11 is 0. The number of esters is 1. The molecule has 0 amide bonds. The lowest BCUT2D eigenvalue weighted by Gasteiger charge is -2.11. The van der Waals surface area contributed by atoms with Crippen molar-refractivity contribution in [1.82, 2.24) is 4.98 Å². The number of aryl methyl sites for hydroxylation is 1. The van der Waals surface area contributed by atoms with E-state index in [-0.39, 0.29) is 12.3 Å². The number of benzene rings is 2. The molecule has 6 nitrogen and oxygen atoms in total. The minimum Gasteiger partial charge on any atom is -0.493 e. The van der Waals surface area contributed by atoms with Crippen LogP contribution < -0.4 is 9.47 Å². The molecule has 0 N–H and O–H groups in total. The van der Waals surface area contributed by atoms with Crippen LogP contribution in [0.1, 0.15) is 40.2 Å². The van der Waals surface area contributed by atoms with Gasteiger partial charge in [-0.15, -0.1) is 0 Å². The molecule has 3 rings (SSSR count). The van der Waals surface area contributed by atoms with E-state index in [2.05, 4.69) is 4.98 Å². The van der Waals surface area contributed by atoms with Gasteiger partial charge in [-0.1, -0.05) is 36.4 Å². The Morgan fingerprint density at radius 3 is 2.62 bits per heavy atom. The number of methoxy groups -OCH3 is 1. The van der Waals surface area contributed by atoms with Crippen molar-refractivity contribution < 1.29 is 23.4 Å². The Bertz CT molecular complexity index is 992. The SMILES string of the molecule is CCOC(=O)c1nc(/C=C/c2ccc(OC)c(OCc3ccccc3)c2)oc1C. The van der Waals surface area contributed by atoms with Crippen molar-refractivity contribution in [3.63, 3.8) is 0 Å². The van der Waals surface area contributed by atoms with E-state index in [0.29, 0.717) is 29.8 Å². The second-order valence-electron chi connectivity index (χ2n) is 6.20. The largest absolute Gasteiger partial charge is 0.493 e. The van der Waals surface area contributed by atoms with Crippen LogP contribution in [-0.4, -0.2) is 24.7 Å². The van der Waals surface area contributed by atoms with Crippen molar-refractivity contribution in [1.29, 1.82) is 0 Å². The second kappa shape index (κ2) is 9.59. The summed E-state index contributed by atoms with van der Waals surface area (Å²) in [5.41, 5.74) is 2.13. The molecule has 1 aromatic heterocycles. The van der Waals surface area contributed by atoms with Crippen LogP contribution in [0.3, 0.4) is 0 Å². The van der Waals surface area contributed by atoms with E-state index in [1.54, 1.807) is 27.0 Å². The average molecular weight is 393 g/mol. The van der Waals surface area contributed by atoms with Gasteiger partial charge in [0, 0.05) is 6.08 Å². The van der Waals surface area contributed by atoms with E-state index in [4.69, 9.17) is 18.6 Å². The minimum absolute atomic E-state index is 0.188. The zero-order chi connectivity index (χ0) is 20.6. The molecular weight excluding hydrogens is 370 g/mol. The fraction of sp³-hybridized carbons (Fsp3) is 0.217. The molecule has 0 aliphatic heterocycles. The third-order valence-corrected chi connectivity index (χ3v) is 4.13. The molecular formula is C23H23NO5. The van der Waals surface area contributed by atoms with Crippen molar-refractivity contribution in [2.45, 2.75) is 20.5 Å². The first-order valence-electron chi connectivity index (χ1n) is 9.28. The molecule has 0 fully saturated rings. The maximum Gasteiger partial charge on any atom is 0.360 e. The van der Waals surface area contributed by atoms with Gasteiger partial charge in [-0.3, -0.25) is 0 Å². The van der Waals surface area contributed by atoms with Gasteiger partial charge in [-0.2, -0.15) is 0 Å². The molecule has 150 valence electrons. The van der Waals surface area contributed by atoms with Crippen molar-refractivity contribution in [3.05, 3.63) is 77.0 Å². The summed E-state index contributed by atoms with van der Waals surface area (Å²) in [6.07, 6.45) is 3.52.